The second kappa shape index (κ2) is 6.76. The standard InChI is InChI=1S/C15H26N2O/c1-11(2)12-6-7-15(18-5)13(10-12)14(8-9-16)17(3)4/h6-7,10-11,14H,8-9,16H2,1-5H3. The lowest BCUT2D eigenvalue weighted by molar-refractivity contribution is 0.277. The average Bonchev–Trinajstić information content (AvgIpc) is 2.34. The van der Waals surface area contributed by atoms with E-state index in [1.807, 2.05) is 0 Å². The molecule has 0 amide bonds. The third-order valence-electron chi connectivity index (χ3n) is 3.34. The van der Waals surface area contributed by atoms with Crippen LogP contribution in [0.4, 0.5) is 0 Å². The topological polar surface area (TPSA) is 38.5 Å². The maximum absolute atomic E-state index is 5.73. The predicted octanol–water partition coefficient (Wildman–Crippen LogP) is 2.77. The fourth-order valence-electron chi connectivity index (χ4n) is 2.22. The van der Waals surface area contributed by atoms with Crippen LogP contribution < -0.4 is 10.5 Å². The number of hydrogen-bond acceptors (Lipinski definition) is 3. The van der Waals surface area contributed by atoms with Crippen molar-refractivity contribution >= 4 is 0 Å². The minimum atomic E-state index is 0.309. The first kappa shape index (κ1) is 15.0. The Hall–Kier alpha value is -1.06. The summed E-state index contributed by atoms with van der Waals surface area (Å²) in [5.41, 5.74) is 8.30. The molecule has 1 unspecified atom stereocenters. The number of nitrogens with two attached hydrogens (primary N) is 1. The molecular formula is C15H26N2O. The van der Waals surface area contributed by atoms with E-state index in [2.05, 4.69) is 51.0 Å². The molecular weight excluding hydrogens is 224 g/mol. The van der Waals surface area contributed by atoms with Gasteiger partial charge in [0.1, 0.15) is 5.75 Å². The van der Waals surface area contributed by atoms with Crippen LogP contribution in [0.5, 0.6) is 5.75 Å². The molecule has 0 aliphatic rings. The molecule has 0 saturated heterocycles. The lowest BCUT2D eigenvalue weighted by Gasteiger charge is -2.26. The summed E-state index contributed by atoms with van der Waals surface area (Å²) in [6.45, 7) is 5.09. The molecule has 1 rings (SSSR count). The Morgan fingerprint density at radius 1 is 1.28 bits per heavy atom. The van der Waals surface area contributed by atoms with Crippen molar-refractivity contribution in [2.45, 2.75) is 32.2 Å². The van der Waals surface area contributed by atoms with Crippen LogP contribution in [-0.2, 0) is 0 Å². The Balaban J connectivity index is 3.19. The van der Waals surface area contributed by atoms with E-state index >= 15 is 0 Å². The van der Waals surface area contributed by atoms with Crippen LogP contribution in [0.15, 0.2) is 18.2 Å². The van der Waals surface area contributed by atoms with E-state index in [1.54, 1.807) is 7.11 Å². The summed E-state index contributed by atoms with van der Waals surface area (Å²) in [5.74, 6) is 1.47. The van der Waals surface area contributed by atoms with Crippen LogP contribution in [-0.4, -0.2) is 32.6 Å². The summed E-state index contributed by atoms with van der Waals surface area (Å²) in [4.78, 5) is 2.20. The zero-order chi connectivity index (χ0) is 13.7. The number of ether oxygens (including phenoxy) is 1. The number of nitrogens with zero attached hydrogens (tertiary/aromatic N) is 1. The smallest absolute Gasteiger partial charge is 0.123 e. The van der Waals surface area contributed by atoms with Gasteiger partial charge in [0.25, 0.3) is 0 Å². The zero-order valence-electron chi connectivity index (χ0n) is 12.2. The molecule has 0 radical (unpaired) electrons. The number of rotatable bonds is 6. The van der Waals surface area contributed by atoms with Crippen molar-refractivity contribution in [2.75, 3.05) is 27.7 Å². The van der Waals surface area contributed by atoms with Crippen molar-refractivity contribution in [2.24, 2.45) is 5.73 Å². The minimum absolute atomic E-state index is 0.309. The maximum Gasteiger partial charge on any atom is 0.123 e. The van der Waals surface area contributed by atoms with Crippen LogP contribution in [0.2, 0.25) is 0 Å². The van der Waals surface area contributed by atoms with E-state index in [0.29, 0.717) is 18.5 Å². The van der Waals surface area contributed by atoms with Gasteiger partial charge in [0.2, 0.25) is 0 Å². The molecule has 3 heteroatoms. The number of hydrogen-bond donors (Lipinski definition) is 1. The number of benzene rings is 1. The van der Waals surface area contributed by atoms with Crippen molar-refractivity contribution in [3.63, 3.8) is 0 Å². The second-order valence-electron chi connectivity index (χ2n) is 5.21. The summed E-state index contributed by atoms with van der Waals surface area (Å²) < 4.78 is 5.49. The normalized spacial score (nSPS) is 13.1. The highest BCUT2D eigenvalue weighted by Crippen LogP contribution is 2.32. The Kier molecular flexibility index (Phi) is 5.63. The summed E-state index contributed by atoms with van der Waals surface area (Å²) in [6, 6.07) is 6.77. The Morgan fingerprint density at radius 2 is 1.94 bits per heavy atom. The van der Waals surface area contributed by atoms with Gasteiger partial charge in [0, 0.05) is 11.6 Å². The molecule has 0 fully saturated rings. The van der Waals surface area contributed by atoms with Crippen LogP contribution in [0.1, 0.15) is 43.4 Å². The lowest BCUT2D eigenvalue weighted by atomic mass is 9.95. The Labute approximate surface area is 111 Å². The molecule has 1 atom stereocenters. The van der Waals surface area contributed by atoms with Gasteiger partial charge in [-0.1, -0.05) is 26.0 Å². The first-order chi connectivity index (χ1) is 8.51. The van der Waals surface area contributed by atoms with Crippen LogP contribution in [0.25, 0.3) is 0 Å². The average molecular weight is 250 g/mol. The summed E-state index contributed by atoms with van der Waals surface area (Å²) in [5, 5.41) is 0. The lowest BCUT2D eigenvalue weighted by Crippen LogP contribution is -2.23. The van der Waals surface area contributed by atoms with Crippen LogP contribution in [0.3, 0.4) is 0 Å². The Morgan fingerprint density at radius 3 is 2.39 bits per heavy atom. The molecule has 0 aliphatic heterocycles. The molecule has 0 aromatic heterocycles. The molecule has 0 heterocycles. The molecule has 2 N–H and O–H groups in total. The van der Waals surface area contributed by atoms with Gasteiger partial charge in [-0.05, 0) is 44.6 Å². The highest BCUT2D eigenvalue weighted by atomic mass is 16.5. The van der Waals surface area contributed by atoms with Gasteiger partial charge in [-0.3, -0.25) is 0 Å². The van der Waals surface area contributed by atoms with E-state index < -0.39 is 0 Å². The second-order valence-corrected chi connectivity index (χ2v) is 5.21. The quantitative estimate of drug-likeness (QED) is 0.843. The largest absolute Gasteiger partial charge is 0.496 e. The molecule has 0 saturated carbocycles. The number of methoxy groups -OCH3 is 1. The van der Waals surface area contributed by atoms with Crippen LogP contribution in [0, 0.1) is 0 Å². The van der Waals surface area contributed by atoms with Crippen molar-refractivity contribution in [3.8, 4) is 5.75 Å². The first-order valence-corrected chi connectivity index (χ1v) is 6.55. The highest BCUT2D eigenvalue weighted by Gasteiger charge is 2.18. The van der Waals surface area contributed by atoms with E-state index in [4.69, 9.17) is 10.5 Å². The van der Waals surface area contributed by atoms with Crippen molar-refractivity contribution < 1.29 is 4.74 Å². The van der Waals surface area contributed by atoms with Gasteiger partial charge >= 0.3 is 0 Å². The summed E-state index contributed by atoms with van der Waals surface area (Å²) >= 11 is 0. The first-order valence-electron chi connectivity index (χ1n) is 6.55. The van der Waals surface area contributed by atoms with Gasteiger partial charge < -0.3 is 15.4 Å². The van der Waals surface area contributed by atoms with Crippen molar-refractivity contribution in [3.05, 3.63) is 29.3 Å². The Bertz CT molecular complexity index is 375. The summed E-state index contributed by atoms with van der Waals surface area (Å²) in [6.07, 6.45) is 0.935. The predicted molar refractivity (Wildman–Crippen MR) is 77.2 cm³/mol. The fourth-order valence-corrected chi connectivity index (χ4v) is 2.22. The molecule has 0 spiro atoms. The molecule has 3 nitrogen and oxygen atoms in total. The fraction of sp³-hybridized carbons (Fsp3) is 0.600. The summed E-state index contributed by atoms with van der Waals surface area (Å²) in [7, 11) is 5.90. The van der Waals surface area contributed by atoms with Crippen molar-refractivity contribution in [1.82, 2.24) is 4.90 Å². The van der Waals surface area contributed by atoms with Gasteiger partial charge in [0.15, 0.2) is 0 Å². The molecule has 1 aromatic rings. The molecule has 1 aromatic carbocycles. The monoisotopic (exact) mass is 250 g/mol. The van der Waals surface area contributed by atoms with Gasteiger partial charge in [0.05, 0.1) is 7.11 Å². The third-order valence-corrected chi connectivity index (χ3v) is 3.34. The van der Waals surface area contributed by atoms with E-state index in [0.717, 1.165) is 12.2 Å². The zero-order valence-corrected chi connectivity index (χ0v) is 12.2. The van der Waals surface area contributed by atoms with Crippen molar-refractivity contribution in [1.29, 1.82) is 0 Å². The van der Waals surface area contributed by atoms with Gasteiger partial charge in [-0.25, -0.2) is 0 Å². The third kappa shape index (κ3) is 3.47. The van der Waals surface area contributed by atoms with E-state index in [9.17, 15) is 0 Å². The molecule has 102 valence electrons. The van der Waals surface area contributed by atoms with E-state index in [1.165, 1.54) is 11.1 Å². The van der Waals surface area contributed by atoms with Gasteiger partial charge in [-0.15, -0.1) is 0 Å². The maximum atomic E-state index is 5.73. The highest BCUT2D eigenvalue weighted by molar-refractivity contribution is 5.40. The van der Waals surface area contributed by atoms with Gasteiger partial charge in [-0.2, -0.15) is 0 Å². The SMILES string of the molecule is COc1ccc(C(C)C)cc1C(CCN)N(C)C. The molecule has 0 aliphatic carbocycles. The molecule has 0 bridgehead atoms. The molecule has 18 heavy (non-hydrogen) atoms. The van der Waals surface area contributed by atoms with Crippen LogP contribution >= 0.6 is 0 Å². The van der Waals surface area contributed by atoms with E-state index in [-0.39, 0.29) is 0 Å². The minimum Gasteiger partial charge on any atom is -0.496 e.